The third-order valence-electron chi connectivity index (χ3n) is 6.30. The number of aliphatic hydroxyl groups is 2. The van der Waals surface area contributed by atoms with Crippen LogP contribution in [0.15, 0.2) is 72.8 Å². The lowest BCUT2D eigenvalue weighted by Gasteiger charge is -2.46. The molecule has 3 aromatic rings. The van der Waals surface area contributed by atoms with E-state index in [-0.39, 0.29) is 11.6 Å². The van der Waals surface area contributed by atoms with Crippen LogP contribution in [0.5, 0.6) is 0 Å². The number of benzene rings is 3. The number of amides is 2. The average molecular weight is 529 g/mol. The van der Waals surface area contributed by atoms with Gasteiger partial charge in [-0.1, -0.05) is 77.8 Å². The van der Waals surface area contributed by atoms with Crippen molar-refractivity contribution in [1.82, 2.24) is 10.4 Å². The van der Waals surface area contributed by atoms with Gasteiger partial charge in [-0.2, -0.15) is 0 Å². The minimum absolute atomic E-state index is 0.142. The minimum atomic E-state index is -1.09. The number of rotatable bonds is 8. The summed E-state index contributed by atoms with van der Waals surface area (Å²) in [6.45, 7) is 1.10. The van der Waals surface area contributed by atoms with Crippen LogP contribution in [0.4, 0.5) is 0 Å². The molecule has 2 unspecified atom stereocenters. The number of nitrogens with zero attached hydrogens (tertiary/aromatic N) is 1. The number of halogens is 2. The van der Waals surface area contributed by atoms with E-state index in [1.54, 1.807) is 36.4 Å². The Morgan fingerprint density at radius 3 is 2.42 bits per heavy atom. The zero-order valence-electron chi connectivity index (χ0n) is 19.5. The smallest absolute Gasteiger partial charge is 0.255 e. The second-order valence-corrected chi connectivity index (χ2v) is 9.46. The minimum Gasteiger partial charge on any atom is -0.394 e. The molecule has 0 saturated heterocycles. The van der Waals surface area contributed by atoms with Crippen molar-refractivity contribution < 1.29 is 24.6 Å². The Balaban J connectivity index is 1.80. The van der Waals surface area contributed by atoms with Crippen LogP contribution in [-0.2, 0) is 16.2 Å². The second kappa shape index (κ2) is 11.4. The van der Waals surface area contributed by atoms with Gasteiger partial charge in [-0.25, -0.2) is 5.48 Å². The monoisotopic (exact) mass is 528 g/mol. The maximum absolute atomic E-state index is 13.7. The lowest BCUT2D eigenvalue weighted by molar-refractivity contribution is -0.138. The number of hydrogen-bond donors (Lipinski definition) is 3. The molecule has 0 aromatic heterocycles. The summed E-state index contributed by atoms with van der Waals surface area (Å²) in [5.41, 5.74) is 4.62. The fraction of sp³-hybridized carbons (Fsp3) is 0.259. The van der Waals surface area contributed by atoms with Gasteiger partial charge in [-0.15, -0.1) is 0 Å². The Labute approximate surface area is 219 Å². The van der Waals surface area contributed by atoms with Gasteiger partial charge < -0.3 is 15.1 Å². The van der Waals surface area contributed by atoms with Crippen LogP contribution < -0.4 is 5.48 Å². The van der Waals surface area contributed by atoms with Crippen LogP contribution >= 0.6 is 23.2 Å². The number of fused-ring (bicyclic) bond motifs is 1. The molecule has 0 bridgehead atoms. The van der Waals surface area contributed by atoms with Gasteiger partial charge in [0.2, 0.25) is 0 Å². The molecule has 1 aliphatic heterocycles. The zero-order valence-corrected chi connectivity index (χ0v) is 21.0. The Bertz CT molecular complexity index is 1240. The molecule has 4 atom stereocenters. The number of carbonyl (C=O) groups is 2. The molecule has 2 amide bonds. The highest BCUT2D eigenvalue weighted by molar-refractivity contribution is 6.35. The van der Waals surface area contributed by atoms with Gasteiger partial charge in [0.1, 0.15) is 0 Å². The summed E-state index contributed by atoms with van der Waals surface area (Å²) >= 11 is 12.7. The predicted octanol–water partition coefficient (Wildman–Crippen LogP) is 4.26. The fourth-order valence-electron chi connectivity index (χ4n) is 4.57. The van der Waals surface area contributed by atoms with Crippen molar-refractivity contribution in [3.8, 4) is 0 Å². The van der Waals surface area contributed by atoms with E-state index in [1.807, 2.05) is 30.3 Å². The van der Waals surface area contributed by atoms with E-state index >= 15 is 0 Å². The molecule has 4 rings (SSSR count). The number of hydroxylamine groups is 1. The van der Waals surface area contributed by atoms with Crippen LogP contribution in [0.3, 0.4) is 0 Å². The first-order chi connectivity index (χ1) is 17.3. The van der Waals surface area contributed by atoms with Gasteiger partial charge >= 0.3 is 0 Å². The standard InChI is InChI=1S/C27H26Cl2N2O5/c1-16(33)23(14-32)31-25(21-12-11-18(28)13-22(21)29)24(19-9-5-6-10-20(19)27(31)35)26(34)30-36-15-17-7-3-2-4-8-17/h2-13,16,23-25,32-33H,14-15H2,1H3,(H,30,34)/t16-,23+,24?,25?/m0/s1. The van der Waals surface area contributed by atoms with Crippen molar-refractivity contribution in [1.29, 1.82) is 0 Å². The lowest BCUT2D eigenvalue weighted by atomic mass is 9.78. The summed E-state index contributed by atoms with van der Waals surface area (Å²) in [7, 11) is 0. The largest absolute Gasteiger partial charge is 0.394 e. The maximum Gasteiger partial charge on any atom is 0.255 e. The first-order valence-electron chi connectivity index (χ1n) is 11.4. The van der Waals surface area contributed by atoms with E-state index in [9.17, 15) is 19.8 Å². The van der Waals surface area contributed by atoms with Crippen molar-refractivity contribution >= 4 is 35.0 Å². The molecule has 0 saturated carbocycles. The molecule has 0 spiro atoms. The zero-order chi connectivity index (χ0) is 25.8. The van der Waals surface area contributed by atoms with E-state index < -0.39 is 42.5 Å². The van der Waals surface area contributed by atoms with E-state index in [1.165, 1.54) is 17.9 Å². The van der Waals surface area contributed by atoms with E-state index in [2.05, 4.69) is 5.48 Å². The van der Waals surface area contributed by atoms with Crippen molar-refractivity contribution in [3.05, 3.63) is 105 Å². The first-order valence-corrected chi connectivity index (χ1v) is 12.2. The predicted molar refractivity (Wildman–Crippen MR) is 136 cm³/mol. The summed E-state index contributed by atoms with van der Waals surface area (Å²) in [4.78, 5) is 34.3. The molecule has 0 radical (unpaired) electrons. The van der Waals surface area contributed by atoms with E-state index in [4.69, 9.17) is 28.0 Å². The Morgan fingerprint density at radius 2 is 1.75 bits per heavy atom. The molecule has 1 aliphatic rings. The lowest BCUT2D eigenvalue weighted by Crippen LogP contribution is -2.55. The van der Waals surface area contributed by atoms with Crippen LogP contribution in [0.1, 0.15) is 45.9 Å². The number of carbonyl (C=O) groups excluding carboxylic acids is 2. The summed E-state index contributed by atoms with van der Waals surface area (Å²) in [5.74, 6) is -1.90. The topological polar surface area (TPSA) is 99.1 Å². The van der Waals surface area contributed by atoms with Crippen molar-refractivity contribution in [3.63, 3.8) is 0 Å². The average Bonchev–Trinajstić information content (AvgIpc) is 2.86. The van der Waals surface area contributed by atoms with Gasteiger partial charge in [0.25, 0.3) is 11.8 Å². The molecule has 1 heterocycles. The molecule has 9 heteroatoms. The summed E-state index contributed by atoms with van der Waals surface area (Å²) in [5, 5.41) is 21.3. The van der Waals surface area contributed by atoms with Crippen molar-refractivity contribution in [2.24, 2.45) is 0 Å². The van der Waals surface area contributed by atoms with Crippen LogP contribution in [0.25, 0.3) is 0 Å². The molecular weight excluding hydrogens is 503 g/mol. The summed E-state index contributed by atoms with van der Waals surface area (Å²) in [6.07, 6.45) is -1.09. The second-order valence-electron chi connectivity index (χ2n) is 8.62. The highest BCUT2D eigenvalue weighted by Gasteiger charge is 2.48. The van der Waals surface area contributed by atoms with Gasteiger partial charge in [0.15, 0.2) is 0 Å². The SMILES string of the molecule is C[C@H](O)[C@@H](CO)N1C(=O)c2ccccc2C(C(=O)NOCc2ccccc2)C1c1ccc(Cl)cc1Cl. The molecule has 7 nitrogen and oxygen atoms in total. The number of hydrogen-bond acceptors (Lipinski definition) is 5. The molecular formula is C27H26Cl2N2O5. The van der Waals surface area contributed by atoms with Gasteiger partial charge in [0, 0.05) is 15.6 Å². The highest BCUT2D eigenvalue weighted by Crippen LogP contribution is 2.46. The molecule has 3 aromatic carbocycles. The van der Waals surface area contributed by atoms with Gasteiger partial charge in [-0.3, -0.25) is 14.4 Å². The normalized spacial score (nSPS) is 18.9. The first kappa shape index (κ1) is 26.1. The third kappa shape index (κ3) is 5.26. The van der Waals surface area contributed by atoms with Crippen molar-refractivity contribution in [2.45, 2.75) is 37.6 Å². The molecule has 3 N–H and O–H groups in total. The maximum atomic E-state index is 13.7. The molecule has 188 valence electrons. The van der Waals surface area contributed by atoms with Crippen LogP contribution in [0.2, 0.25) is 10.0 Å². The summed E-state index contributed by atoms with van der Waals surface area (Å²) in [6, 6.07) is 18.9. The van der Waals surface area contributed by atoms with Crippen molar-refractivity contribution in [2.75, 3.05) is 6.61 Å². The van der Waals surface area contributed by atoms with Crippen LogP contribution in [-0.4, -0.2) is 45.7 Å². The number of aliphatic hydroxyl groups excluding tert-OH is 2. The number of nitrogens with one attached hydrogen (secondary N) is 1. The van der Waals surface area contributed by atoms with Crippen LogP contribution in [0, 0.1) is 0 Å². The van der Waals surface area contributed by atoms with E-state index in [0.717, 1.165) is 5.56 Å². The quantitative estimate of drug-likeness (QED) is 0.379. The van der Waals surface area contributed by atoms with E-state index in [0.29, 0.717) is 21.7 Å². The fourth-order valence-corrected chi connectivity index (χ4v) is 5.09. The van der Waals surface area contributed by atoms with Gasteiger partial charge in [-0.05, 0) is 41.8 Å². The Hall–Kier alpha value is -2.94. The molecule has 0 aliphatic carbocycles. The molecule has 36 heavy (non-hydrogen) atoms. The summed E-state index contributed by atoms with van der Waals surface area (Å²) < 4.78 is 0. The Morgan fingerprint density at radius 1 is 1.06 bits per heavy atom. The Kier molecular flexibility index (Phi) is 8.28. The third-order valence-corrected chi connectivity index (χ3v) is 6.86. The van der Waals surface area contributed by atoms with Gasteiger partial charge in [0.05, 0.1) is 37.3 Å². The highest BCUT2D eigenvalue weighted by atomic mass is 35.5. The molecule has 0 fully saturated rings.